The maximum Gasteiger partial charge on any atom is 0.323 e. The Kier molecular flexibility index (Phi) is 4.41. The molecule has 88 valence electrons. The monoisotopic (exact) mass is 447 g/mol. The van der Waals surface area contributed by atoms with Crippen molar-refractivity contribution in [3.63, 3.8) is 0 Å². The maximum absolute atomic E-state index is 10.9. The van der Waals surface area contributed by atoms with E-state index >= 15 is 0 Å². The highest BCUT2D eigenvalue weighted by Gasteiger charge is 2.29. The summed E-state index contributed by atoms with van der Waals surface area (Å²) < 4.78 is 1.64. The summed E-state index contributed by atoms with van der Waals surface area (Å²) in [6.45, 7) is 1.46. The van der Waals surface area contributed by atoms with Gasteiger partial charge >= 0.3 is 5.97 Å². The zero-order chi connectivity index (χ0) is 12.5. The first-order valence-corrected chi connectivity index (χ1v) is 6.59. The van der Waals surface area contributed by atoms with E-state index in [0.29, 0.717) is 0 Å². The van der Waals surface area contributed by atoms with E-state index in [1.165, 1.54) is 6.92 Å². The van der Waals surface area contributed by atoms with Crippen LogP contribution >= 0.6 is 45.2 Å². The Morgan fingerprint density at radius 1 is 1.44 bits per heavy atom. The standard InChI is InChI=1S/C10H11I2NO3/c1-10(13,9(15)16)4-5-2-8(14)7(12)3-6(5)11/h2-3,14H,4,13H2,1H3,(H,15,16)/t10-/m0/s1. The number of hydrogen-bond donors (Lipinski definition) is 3. The highest BCUT2D eigenvalue weighted by Crippen LogP contribution is 2.27. The number of carbonyl (C=O) groups is 1. The minimum absolute atomic E-state index is 0.150. The fraction of sp³-hybridized carbons (Fsp3) is 0.300. The highest BCUT2D eigenvalue weighted by molar-refractivity contribution is 14.1. The zero-order valence-electron chi connectivity index (χ0n) is 8.50. The Morgan fingerprint density at radius 2 is 2.00 bits per heavy atom. The van der Waals surface area contributed by atoms with Gasteiger partial charge in [-0.15, -0.1) is 0 Å². The Labute approximate surface area is 121 Å². The molecule has 0 aromatic heterocycles. The molecular formula is C10H11I2NO3. The molecule has 16 heavy (non-hydrogen) atoms. The van der Waals surface area contributed by atoms with Gasteiger partial charge in [0.25, 0.3) is 0 Å². The lowest BCUT2D eigenvalue weighted by Gasteiger charge is -2.20. The number of carboxylic acids is 1. The smallest absolute Gasteiger partial charge is 0.323 e. The first kappa shape index (κ1) is 14.0. The van der Waals surface area contributed by atoms with Crippen LogP contribution in [0.4, 0.5) is 0 Å². The number of hydrogen-bond acceptors (Lipinski definition) is 3. The molecule has 6 heteroatoms. The summed E-state index contributed by atoms with van der Waals surface area (Å²) in [5.74, 6) is -0.904. The number of aliphatic carboxylic acids is 1. The molecule has 1 atom stereocenters. The van der Waals surface area contributed by atoms with Crippen LogP contribution in [-0.4, -0.2) is 21.7 Å². The molecule has 0 heterocycles. The molecule has 0 saturated carbocycles. The first-order valence-electron chi connectivity index (χ1n) is 4.43. The number of carboxylic acid groups (broad SMARTS) is 1. The maximum atomic E-state index is 10.9. The fourth-order valence-corrected chi connectivity index (χ4v) is 2.91. The second-order valence-corrected chi connectivity index (χ2v) is 6.12. The molecule has 0 aliphatic heterocycles. The van der Waals surface area contributed by atoms with Crippen LogP contribution in [-0.2, 0) is 11.2 Å². The van der Waals surface area contributed by atoms with Gasteiger partial charge in [0.15, 0.2) is 0 Å². The lowest BCUT2D eigenvalue weighted by molar-refractivity contribution is -0.142. The number of phenolic OH excluding ortho intramolecular Hbond substituents is 1. The average molecular weight is 447 g/mol. The van der Waals surface area contributed by atoms with Gasteiger partial charge in [-0.25, -0.2) is 0 Å². The van der Waals surface area contributed by atoms with Crippen molar-refractivity contribution in [2.75, 3.05) is 0 Å². The molecular weight excluding hydrogens is 436 g/mol. The van der Waals surface area contributed by atoms with Crippen molar-refractivity contribution in [1.82, 2.24) is 0 Å². The molecule has 0 bridgehead atoms. The normalized spacial score (nSPS) is 14.5. The molecule has 0 saturated heterocycles. The Balaban J connectivity index is 3.07. The molecule has 0 unspecified atom stereocenters. The highest BCUT2D eigenvalue weighted by atomic mass is 127. The van der Waals surface area contributed by atoms with Crippen LogP contribution in [0.1, 0.15) is 12.5 Å². The number of phenols is 1. The third-order valence-electron chi connectivity index (χ3n) is 2.16. The Morgan fingerprint density at radius 3 is 2.50 bits per heavy atom. The number of rotatable bonds is 3. The minimum Gasteiger partial charge on any atom is -0.507 e. The lowest BCUT2D eigenvalue weighted by atomic mass is 9.94. The topological polar surface area (TPSA) is 83.5 Å². The van der Waals surface area contributed by atoms with E-state index < -0.39 is 11.5 Å². The summed E-state index contributed by atoms with van der Waals surface area (Å²) in [7, 11) is 0. The van der Waals surface area contributed by atoms with E-state index in [2.05, 4.69) is 22.6 Å². The van der Waals surface area contributed by atoms with Crippen LogP contribution < -0.4 is 5.73 Å². The van der Waals surface area contributed by atoms with Crippen LogP contribution in [0, 0.1) is 7.14 Å². The van der Waals surface area contributed by atoms with Gasteiger partial charge in [-0.1, -0.05) is 0 Å². The van der Waals surface area contributed by atoms with Gasteiger partial charge in [0.1, 0.15) is 11.3 Å². The van der Waals surface area contributed by atoms with Crippen LogP contribution in [0.25, 0.3) is 0 Å². The van der Waals surface area contributed by atoms with E-state index in [-0.39, 0.29) is 12.2 Å². The van der Waals surface area contributed by atoms with Gasteiger partial charge in [0, 0.05) is 9.99 Å². The second-order valence-electron chi connectivity index (χ2n) is 3.79. The third-order valence-corrected chi connectivity index (χ3v) is 4.03. The molecule has 4 N–H and O–H groups in total. The van der Waals surface area contributed by atoms with E-state index in [0.717, 1.165) is 12.7 Å². The summed E-state index contributed by atoms with van der Waals surface area (Å²) in [4.78, 5) is 10.9. The molecule has 1 rings (SSSR count). The number of nitrogens with two attached hydrogens (primary N) is 1. The van der Waals surface area contributed by atoms with Gasteiger partial charge in [-0.2, -0.15) is 0 Å². The van der Waals surface area contributed by atoms with Crippen molar-refractivity contribution in [2.24, 2.45) is 5.73 Å². The average Bonchev–Trinajstić information content (AvgIpc) is 2.13. The van der Waals surface area contributed by atoms with Gasteiger partial charge in [-0.3, -0.25) is 4.79 Å². The van der Waals surface area contributed by atoms with Gasteiger partial charge in [-0.05, 0) is 69.8 Å². The SMILES string of the molecule is C[C@](N)(Cc1cc(O)c(I)cc1I)C(=O)O. The third kappa shape index (κ3) is 3.20. The Hall–Kier alpha value is -0.0900. The van der Waals surface area contributed by atoms with Gasteiger partial charge < -0.3 is 15.9 Å². The van der Waals surface area contributed by atoms with Crippen molar-refractivity contribution in [1.29, 1.82) is 0 Å². The lowest BCUT2D eigenvalue weighted by Crippen LogP contribution is -2.46. The number of halogens is 2. The predicted molar refractivity (Wildman–Crippen MR) is 77.5 cm³/mol. The molecule has 0 amide bonds. The molecule has 1 aromatic rings. The molecule has 0 radical (unpaired) electrons. The second kappa shape index (κ2) is 5.05. The van der Waals surface area contributed by atoms with Crippen molar-refractivity contribution < 1.29 is 15.0 Å². The summed E-state index contributed by atoms with van der Waals surface area (Å²) in [6.07, 6.45) is 0.186. The molecule has 0 fully saturated rings. The predicted octanol–water partition coefficient (Wildman–Crippen LogP) is 1.95. The zero-order valence-corrected chi connectivity index (χ0v) is 12.8. The van der Waals surface area contributed by atoms with Crippen LogP contribution in [0.2, 0.25) is 0 Å². The summed E-state index contributed by atoms with van der Waals surface area (Å²) in [6, 6.07) is 3.36. The summed E-state index contributed by atoms with van der Waals surface area (Å²) >= 11 is 4.12. The van der Waals surface area contributed by atoms with Crippen molar-refractivity contribution >= 4 is 51.2 Å². The summed E-state index contributed by atoms with van der Waals surface area (Å²) in [5, 5.41) is 18.5. The molecule has 0 aliphatic rings. The largest absolute Gasteiger partial charge is 0.507 e. The molecule has 0 spiro atoms. The number of aromatic hydroxyl groups is 1. The first-order chi connectivity index (χ1) is 7.24. The fourth-order valence-electron chi connectivity index (χ4n) is 1.19. The quantitative estimate of drug-likeness (QED) is 0.619. The van der Waals surface area contributed by atoms with Gasteiger partial charge in [0.05, 0.1) is 3.57 Å². The van der Waals surface area contributed by atoms with Crippen LogP contribution in [0.15, 0.2) is 12.1 Å². The van der Waals surface area contributed by atoms with E-state index in [1.807, 2.05) is 22.6 Å². The van der Waals surface area contributed by atoms with Crippen LogP contribution in [0.3, 0.4) is 0 Å². The van der Waals surface area contributed by atoms with Crippen LogP contribution in [0.5, 0.6) is 5.75 Å². The van der Waals surface area contributed by atoms with Crippen molar-refractivity contribution in [3.8, 4) is 5.75 Å². The molecule has 0 aliphatic carbocycles. The van der Waals surface area contributed by atoms with Gasteiger partial charge in [0.2, 0.25) is 0 Å². The van der Waals surface area contributed by atoms with Crippen molar-refractivity contribution in [2.45, 2.75) is 18.9 Å². The number of benzene rings is 1. The Bertz CT molecular complexity index is 432. The van der Waals surface area contributed by atoms with E-state index in [4.69, 9.17) is 10.8 Å². The molecule has 4 nitrogen and oxygen atoms in total. The summed E-state index contributed by atoms with van der Waals surface area (Å²) in [5.41, 5.74) is 5.08. The molecule has 1 aromatic carbocycles. The van der Waals surface area contributed by atoms with E-state index in [1.54, 1.807) is 12.1 Å². The van der Waals surface area contributed by atoms with E-state index in [9.17, 15) is 9.90 Å². The minimum atomic E-state index is -1.32. The van der Waals surface area contributed by atoms with Crippen molar-refractivity contribution in [3.05, 3.63) is 24.8 Å².